The van der Waals surface area contributed by atoms with Crippen molar-refractivity contribution in [2.45, 2.75) is 38.3 Å². The van der Waals surface area contributed by atoms with E-state index in [4.69, 9.17) is 0 Å². The first-order valence-corrected chi connectivity index (χ1v) is 7.26. The third-order valence-corrected chi connectivity index (χ3v) is 5.05. The highest BCUT2D eigenvalue weighted by atomic mass is 79.9. The summed E-state index contributed by atoms with van der Waals surface area (Å²) in [6, 6.07) is 0. The number of hydrogen-bond donors (Lipinski definition) is 2. The van der Waals surface area contributed by atoms with Crippen LogP contribution in [0, 0.1) is 5.92 Å². The Labute approximate surface area is 108 Å². The lowest BCUT2D eigenvalue weighted by molar-refractivity contribution is 0.159. The Balaban J connectivity index is 1.96. The lowest BCUT2D eigenvalue weighted by Gasteiger charge is -2.28. The monoisotopic (exact) mass is 304 g/mol. The predicted octanol–water partition coefficient (Wildman–Crippen LogP) is 2.55. The summed E-state index contributed by atoms with van der Waals surface area (Å²) in [5.74, 6) is 0.707. The molecule has 0 amide bonds. The summed E-state index contributed by atoms with van der Waals surface area (Å²) < 4.78 is 1.08. The van der Waals surface area contributed by atoms with Gasteiger partial charge in [0.25, 0.3) is 0 Å². The number of aliphatic hydroxyl groups excluding tert-OH is 1. The van der Waals surface area contributed by atoms with Gasteiger partial charge in [-0.05, 0) is 41.1 Å². The molecule has 5 heteroatoms. The molecule has 1 aliphatic carbocycles. The van der Waals surface area contributed by atoms with E-state index in [9.17, 15) is 5.11 Å². The fourth-order valence-corrected chi connectivity index (χ4v) is 3.42. The molecule has 90 valence electrons. The second-order valence-corrected chi connectivity index (χ2v) is 6.89. The van der Waals surface area contributed by atoms with Gasteiger partial charge < -0.3 is 10.4 Å². The summed E-state index contributed by atoms with van der Waals surface area (Å²) in [7, 11) is 0. The van der Waals surface area contributed by atoms with E-state index in [0.717, 1.165) is 28.9 Å². The van der Waals surface area contributed by atoms with Crippen molar-refractivity contribution in [3.63, 3.8) is 0 Å². The van der Waals surface area contributed by atoms with E-state index in [2.05, 4.69) is 33.2 Å². The van der Waals surface area contributed by atoms with Crippen LogP contribution in [0.15, 0.2) is 9.30 Å². The van der Waals surface area contributed by atoms with Gasteiger partial charge in [-0.1, -0.05) is 6.92 Å². The Morgan fingerprint density at radius 3 is 3.06 bits per heavy atom. The quantitative estimate of drug-likeness (QED) is 0.898. The maximum atomic E-state index is 9.54. The topological polar surface area (TPSA) is 45.1 Å². The summed E-state index contributed by atoms with van der Waals surface area (Å²) in [6.45, 7) is 3.20. The molecule has 0 bridgehead atoms. The molecule has 3 nitrogen and oxygen atoms in total. The van der Waals surface area contributed by atoms with Crippen LogP contribution in [0.4, 0.5) is 0 Å². The number of halogens is 1. The van der Waals surface area contributed by atoms with E-state index in [1.807, 2.05) is 5.51 Å². The second-order valence-electron chi connectivity index (χ2n) is 4.71. The molecule has 0 radical (unpaired) electrons. The van der Waals surface area contributed by atoms with Crippen molar-refractivity contribution >= 4 is 27.3 Å². The molecule has 0 aromatic carbocycles. The Bertz CT molecular complexity index is 358. The molecule has 1 fully saturated rings. The third-order valence-electron chi connectivity index (χ3n) is 3.38. The Morgan fingerprint density at radius 1 is 1.75 bits per heavy atom. The molecule has 1 aromatic rings. The van der Waals surface area contributed by atoms with E-state index >= 15 is 0 Å². The van der Waals surface area contributed by atoms with Gasteiger partial charge in [-0.25, -0.2) is 4.98 Å². The van der Waals surface area contributed by atoms with Gasteiger partial charge in [0.2, 0.25) is 0 Å². The van der Waals surface area contributed by atoms with Crippen molar-refractivity contribution in [1.29, 1.82) is 0 Å². The largest absolute Gasteiger partial charge is 0.394 e. The van der Waals surface area contributed by atoms with Crippen LogP contribution in [-0.4, -0.2) is 22.2 Å². The lowest BCUT2D eigenvalue weighted by Crippen LogP contribution is -2.46. The van der Waals surface area contributed by atoms with Gasteiger partial charge in [0.1, 0.15) is 0 Å². The molecule has 1 aromatic heterocycles. The van der Waals surface area contributed by atoms with E-state index in [0.29, 0.717) is 5.92 Å². The lowest BCUT2D eigenvalue weighted by atomic mass is 9.97. The molecular weight excluding hydrogens is 288 g/mol. The minimum absolute atomic E-state index is 0.0809. The highest BCUT2D eigenvalue weighted by molar-refractivity contribution is 9.11. The van der Waals surface area contributed by atoms with E-state index < -0.39 is 0 Å². The number of nitrogens with one attached hydrogen (secondary N) is 1. The van der Waals surface area contributed by atoms with Gasteiger partial charge in [0.05, 0.1) is 21.6 Å². The Kier molecular flexibility index (Phi) is 4.00. The van der Waals surface area contributed by atoms with Crippen molar-refractivity contribution in [1.82, 2.24) is 10.3 Å². The zero-order chi connectivity index (χ0) is 11.6. The third kappa shape index (κ3) is 2.64. The van der Waals surface area contributed by atoms with E-state index in [1.54, 1.807) is 11.3 Å². The summed E-state index contributed by atoms with van der Waals surface area (Å²) in [5, 5.41) is 13.0. The predicted molar refractivity (Wildman–Crippen MR) is 69.5 cm³/mol. The first kappa shape index (κ1) is 12.5. The molecule has 0 saturated heterocycles. The van der Waals surface area contributed by atoms with Crippen molar-refractivity contribution in [2.24, 2.45) is 5.92 Å². The molecular formula is C11H17BrN2OS. The SMILES string of the molecule is CC1CCC(CO)(NCc2ncsc2Br)C1. The van der Waals surface area contributed by atoms with Gasteiger partial charge in [-0.15, -0.1) is 11.3 Å². The zero-order valence-corrected chi connectivity index (χ0v) is 11.8. The average Bonchev–Trinajstić information content (AvgIpc) is 2.83. The number of aliphatic hydroxyl groups is 1. The molecule has 2 rings (SSSR count). The summed E-state index contributed by atoms with van der Waals surface area (Å²) in [6.07, 6.45) is 3.32. The molecule has 2 unspecified atom stereocenters. The van der Waals surface area contributed by atoms with Crippen LogP contribution < -0.4 is 5.32 Å². The van der Waals surface area contributed by atoms with Crippen LogP contribution >= 0.6 is 27.3 Å². The van der Waals surface area contributed by atoms with Crippen LogP contribution in [-0.2, 0) is 6.54 Å². The summed E-state index contributed by atoms with van der Waals surface area (Å²) in [4.78, 5) is 4.29. The number of rotatable bonds is 4. The van der Waals surface area contributed by atoms with Gasteiger partial charge in [0, 0.05) is 12.1 Å². The number of aromatic nitrogens is 1. The smallest absolute Gasteiger partial charge is 0.0942 e. The Hall–Kier alpha value is 0.0300. The first-order valence-electron chi connectivity index (χ1n) is 5.59. The van der Waals surface area contributed by atoms with Crippen LogP contribution in [0.25, 0.3) is 0 Å². The number of hydrogen-bond acceptors (Lipinski definition) is 4. The fraction of sp³-hybridized carbons (Fsp3) is 0.727. The highest BCUT2D eigenvalue weighted by Gasteiger charge is 2.36. The normalized spacial score (nSPS) is 29.8. The number of nitrogens with zero attached hydrogens (tertiary/aromatic N) is 1. The highest BCUT2D eigenvalue weighted by Crippen LogP contribution is 2.34. The van der Waals surface area contributed by atoms with Gasteiger partial charge >= 0.3 is 0 Å². The van der Waals surface area contributed by atoms with Crippen molar-refractivity contribution in [3.05, 3.63) is 15.0 Å². The van der Waals surface area contributed by atoms with E-state index in [1.165, 1.54) is 6.42 Å². The average molecular weight is 305 g/mol. The van der Waals surface area contributed by atoms with Crippen LogP contribution in [0.2, 0.25) is 0 Å². The summed E-state index contributed by atoms with van der Waals surface area (Å²) in [5.41, 5.74) is 2.80. The summed E-state index contributed by atoms with van der Waals surface area (Å²) >= 11 is 5.08. The molecule has 2 atom stereocenters. The molecule has 2 N–H and O–H groups in total. The molecule has 1 saturated carbocycles. The minimum Gasteiger partial charge on any atom is -0.394 e. The first-order chi connectivity index (χ1) is 7.65. The van der Waals surface area contributed by atoms with Crippen molar-refractivity contribution < 1.29 is 5.11 Å². The fourth-order valence-electron chi connectivity index (χ4n) is 2.40. The molecule has 0 aliphatic heterocycles. The maximum absolute atomic E-state index is 9.54. The Morgan fingerprint density at radius 2 is 2.56 bits per heavy atom. The maximum Gasteiger partial charge on any atom is 0.0942 e. The van der Waals surface area contributed by atoms with Gasteiger partial charge in [-0.2, -0.15) is 0 Å². The number of thiazole rings is 1. The van der Waals surface area contributed by atoms with Crippen molar-refractivity contribution in [2.75, 3.05) is 6.61 Å². The second kappa shape index (κ2) is 5.12. The molecule has 1 aliphatic rings. The molecule has 1 heterocycles. The van der Waals surface area contributed by atoms with Gasteiger partial charge in [0.15, 0.2) is 0 Å². The molecule has 0 spiro atoms. The van der Waals surface area contributed by atoms with Crippen LogP contribution in [0.1, 0.15) is 31.9 Å². The van der Waals surface area contributed by atoms with Crippen LogP contribution in [0.5, 0.6) is 0 Å². The van der Waals surface area contributed by atoms with Crippen LogP contribution in [0.3, 0.4) is 0 Å². The van der Waals surface area contributed by atoms with E-state index in [-0.39, 0.29) is 12.1 Å². The van der Waals surface area contributed by atoms with Gasteiger partial charge in [-0.3, -0.25) is 0 Å². The minimum atomic E-state index is -0.0809. The standard InChI is InChI=1S/C11H17BrN2OS/c1-8-2-3-11(4-8,6-15)14-5-9-10(12)16-7-13-9/h7-8,14-15H,2-6H2,1H3. The molecule has 16 heavy (non-hydrogen) atoms. The van der Waals surface area contributed by atoms with Crippen molar-refractivity contribution in [3.8, 4) is 0 Å². The zero-order valence-electron chi connectivity index (χ0n) is 9.37.